The number of nitrogens with two attached hydrogens (primary N) is 3. The molecule has 14 nitrogen and oxygen atoms in total. The molecule has 14 heteroatoms. The summed E-state index contributed by atoms with van der Waals surface area (Å²) in [4.78, 5) is 69.2. The van der Waals surface area contributed by atoms with Gasteiger partial charge in [0, 0.05) is 36.5 Å². The van der Waals surface area contributed by atoms with Crippen LogP contribution in [0.2, 0.25) is 0 Å². The number of carboxylic acid groups (broad SMARTS) is 1. The second-order valence-electron chi connectivity index (χ2n) is 10.6. The van der Waals surface area contributed by atoms with Crippen molar-refractivity contribution in [3.05, 3.63) is 36.0 Å². The SMILES string of the molecule is CC(C)C[C@H](NC(=O)[C@H](Cc1c[nH]c2ccccc12)NC(=O)[C@@H](N)CCC(=O)O)C(=O)N[C@H](C=O)CCCN=C(N)N. The van der Waals surface area contributed by atoms with E-state index in [1.165, 1.54) is 0 Å². The molecule has 0 bridgehead atoms. The van der Waals surface area contributed by atoms with Gasteiger partial charge >= 0.3 is 5.97 Å². The maximum Gasteiger partial charge on any atom is 0.303 e. The Morgan fingerprint density at radius 2 is 1.67 bits per heavy atom. The maximum atomic E-state index is 13.6. The van der Waals surface area contributed by atoms with Crippen LogP contribution < -0.4 is 33.2 Å². The van der Waals surface area contributed by atoms with Crippen molar-refractivity contribution in [3.8, 4) is 0 Å². The van der Waals surface area contributed by atoms with Crippen LogP contribution in [0, 0.1) is 5.92 Å². The number of carbonyl (C=O) groups is 5. The van der Waals surface area contributed by atoms with Crippen LogP contribution in [0.15, 0.2) is 35.5 Å². The van der Waals surface area contributed by atoms with Crippen molar-refractivity contribution in [1.82, 2.24) is 20.9 Å². The van der Waals surface area contributed by atoms with Crippen LogP contribution in [0.1, 0.15) is 51.5 Å². The third kappa shape index (κ3) is 11.2. The first kappa shape index (κ1) is 33.7. The Kier molecular flexibility index (Phi) is 13.4. The van der Waals surface area contributed by atoms with Crippen LogP contribution in [-0.2, 0) is 30.4 Å². The van der Waals surface area contributed by atoms with E-state index in [1.54, 1.807) is 6.20 Å². The predicted octanol–water partition coefficient (Wildman–Crippen LogP) is -0.344. The van der Waals surface area contributed by atoms with Crippen LogP contribution in [0.25, 0.3) is 10.9 Å². The van der Waals surface area contributed by atoms with Crippen molar-refractivity contribution >= 4 is 46.8 Å². The van der Waals surface area contributed by atoms with Gasteiger partial charge in [0.05, 0.1) is 12.1 Å². The summed E-state index contributed by atoms with van der Waals surface area (Å²) in [5.74, 6) is -3.04. The molecule has 4 atom stereocenters. The highest BCUT2D eigenvalue weighted by Crippen LogP contribution is 2.19. The smallest absolute Gasteiger partial charge is 0.303 e. The van der Waals surface area contributed by atoms with Crippen LogP contribution in [0.4, 0.5) is 0 Å². The minimum atomic E-state index is -1.15. The van der Waals surface area contributed by atoms with Gasteiger partial charge < -0.3 is 48.0 Å². The van der Waals surface area contributed by atoms with Crippen LogP contribution in [0.5, 0.6) is 0 Å². The monoisotopic (exact) mass is 586 g/mol. The standard InChI is InChI=1S/C28H42N8O6/c1-16(2)12-22(26(41)34-18(15-37)6-5-11-32-28(30)31)36-27(42)23(35-25(40)20(29)9-10-24(38)39)13-17-14-33-21-8-4-3-7-19(17)21/h3-4,7-8,14-16,18,20,22-23,33H,5-6,9-13,29H2,1-2H3,(H,34,41)(H,35,40)(H,36,42)(H,38,39)(H4,30,31,32)/t18-,20-,22-,23-/m0/s1. The second kappa shape index (κ2) is 16.7. The van der Waals surface area contributed by atoms with Crippen molar-refractivity contribution in [1.29, 1.82) is 0 Å². The summed E-state index contributed by atoms with van der Waals surface area (Å²) in [6.07, 6.45) is 3.00. The zero-order chi connectivity index (χ0) is 31.2. The van der Waals surface area contributed by atoms with Crippen LogP contribution in [-0.4, -0.2) is 76.7 Å². The first-order chi connectivity index (χ1) is 19.9. The lowest BCUT2D eigenvalue weighted by Crippen LogP contribution is -2.57. The van der Waals surface area contributed by atoms with Crippen molar-refractivity contribution in [2.75, 3.05) is 6.54 Å². The number of para-hydroxylation sites is 1. The number of carbonyl (C=O) groups excluding carboxylic acids is 4. The highest BCUT2D eigenvalue weighted by molar-refractivity contribution is 5.94. The Morgan fingerprint density at radius 3 is 2.31 bits per heavy atom. The molecular formula is C28H42N8O6. The van der Waals surface area contributed by atoms with E-state index in [4.69, 9.17) is 22.3 Å². The van der Waals surface area contributed by atoms with Gasteiger partial charge in [-0.3, -0.25) is 24.2 Å². The normalized spacial score (nSPS) is 13.9. The van der Waals surface area contributed by atoms with Gasteiger partial charge in [0.1, 0.15) is 18.4 Å². The summed E-state index contributed by atoms with van der Waals surface area (Å²) in [6.45, 7) is 4.05. The summed E-state index contributed by atoms with van der Waals surface area (Å²) in [7, 11) is 0. The van der Waals surface area contributed by atoms with Crippen molar-refractivity contribution in [2.24, 2.45) is 28.1 Å². The van der Waals surface area contributed by atoms with Gasteiger partial charge in [0.15, 0.2) is 5.96 Å². The lowest BCUT2D eigenvalue weighted by Gasteiger charge is -2.26. The number of nitrogens with one attached hydrogen (secondary N) is 4. The molecule has 0 aliphatic carbocycles. The molecule has 1 aromatic carbocycles. The quantitative estimate of drug-likeness (QED) is 0.0491. The van der Waals surface area contributed by atoms with Gasteiger partial charge in [-0.15, -0.1) is 0 Å². The molecule has 42 heavy (non-hydrogen) atoms. The molecule has 1 aromatic heterocycles. The number of hydrogen-bond acceptors (Lipinski definition) is 7. The Labute approximate surface area is 244 Å². The highest BCUT2D eigenvalue weighted by Gasteiger charge is 2.30. The maximum absolute atomic E-state index is 13.6. The van der Waals surface area contributed by atoms with Gasteiger partial charge in [-0.25, -0.2) is 0 Å². The zero-order valence-electron chi connectivity index (χ0n) is 24.0. The summed E-state index contributed by atoms with van der Waals surface area (Å²) < 4.78 is 0. The first-order valence-electron chi connectivity index (χ1n) is 13.8. The number of aromatic nitrogens is 1. The molecule has 0 unspecified atom stereocenters. The van der Waals surface area contributed by atoms with Gasteiger partial charge in [-0.2, -0.15) is 0 Å². The molecule has 0 spiro atoms. The Bertz CT molecular complexity index is 1260. The number of nitrogens with zero attached hydrogens (tertiary/aromatic N) is 1. The molecule has 0 saturated carbocycles. The third-order valence-electron chi connectivity index (χ3n) is 6.54. The fourth-order valence-electron chi connectivity index (χ4n) is 4.37. The highest BCUT2D eigenvalue weighted by atomic mass is 16.4. The number of aliphatic imine (C=N–C) groups is 1. The largest absolute Gasteiger partial charge is 0.481 e. The fraction of sp³-hybridized carbons (Fsp3) is 0.500. The lowest BCUT2D eigenvalue weighted by atomic mass is 10.00. The van der Waals surface area contributed by atoms with Gasteiger partial charge in [0.2, 0.25) is 17.7 Å². The summed E-state index contributed by atoms with van der Waals surface area (Å²) in [6, 6.07) is 3.36. The number of aliphatic carboxylic acids is 1. The van der Waals surface area contributed by atoms with Gasteiger partial charge in [-0.1, -0.05) is 32.0 Å². The Balaban J connectivity index is 2.22. The van der Waals surface area contributed by atoms with E-state index in [2.05, 4.69) is 25.9 Å². The zero-order valence-corrected chi connectivity index (χ0v) is 24.0. The van der Waals surface area contributed by atoms with Crippen LogP contribution >= 0.6 is 0 Å². The van der Waals surface area contributed by atoms with Crippen molar-refractivity contribution in [2.45, 2.75) is 76.5 Å². The number of rotatable bonds is 18. The molecule has 0 fully saturated rings. The van der Waals surface area contributed by atoms with Crippen LogP contribution in [0.3, 0.4) is 0 Å². The molecule has 2 rings (SSSR count). The number of hydrogen-bond donors (Lipinski definition) is 8. The minimum absolute atomic E-state index is 0.00342. The number of amides is 3. The molecule has 3 amide bonds. The van der Waals surface area contributed by atoms with Crippen molar-refractivity contribution < 1.29 is 29.1 Å². The van der Waals surface area contributed by atoms with Crippen molar-refractivity contribution in [3.63, 3.8) is 0 Å². The molecule has 0 radical (unpaired) electrons. The topological polar surface area (TPSA) is 248 Å². The van der Waals surface area contributed by atoms with E-state index in [-0.39, 0.29) is 37.6 Å². The molecule has 230 valence electrons. The summed E-state index contributed by atoms with van der Waals surface area (Å²) in [5, 5.41) is 17.8. The number of guanidine groups is 1. The second-order valence-corrected chi connectivity index (χ2v) is 10.6. The number of aromatic amines is 1. The lowest BCUT2D eigenvalue weighted by molar-refractivity contribution is -0.137. The number of H-pyrrole nitrogens is 1. The molecule has 1 heterocycles. The molecule has 0 aliphatic heterocycles. The average molecular weight is 587 g/mol. The fourth-order valence-corrected chi connectivity index (χ4v) is 4.37. The molecule has 0 aliphatic rings. The average Bonchev–Trinajstić information content (AvgIpc) is 3.34. The molecule has 0 saturated heterocycles. The minimum Gasteiger partial charge on any atom is -0.481 e. The summed E-state index contributed by atoms with van der Waals surface area (Å²) in [5.41, 5.74) is 18.1. The Morgan fingerprint density at radius 1 is 1.00 bits per heavy atom. The van der Waals surface area contributed by atoms with E-state index in [9.17, 15) is 24.0 Å². The third-order valence-corrected chi connectivity index (χ3v) is 6.54. The summed E-state index contributed by atoms with van der Waals surface area (Å²) >= 11 is 0. The van der Waals surface area contributed by atoms with E-state index in [0.717, 1.165) is 16.5 Å². The Hall–Kier alpha value is -4.46. The first-order valence-corrected chi connectivity index (χ1v) is 13.8. The number of fused-ring (bicyclic) bond motifs is 1. The van der Waals surface area contributed by atoms with Gasteiger partial charge in [-0.05, 0) is 43.2 Å². The molecular weight excluding hydrogens is 544 g/mol. The van der Waals surface area contributed by atoms with Gasteiger partial charge in [0.25, 0.3) is 0 Å². The number of carboxylic acids is 1. The van der Waals surface area contributed by atoms with E-state index in [1.807, 2.05) is 38.1 Å². The molecule has 11 N–H and O–H groups in total. The van der Waals surface area contributed by atoms with E-state index in [0.29, 0.717) is 25.7 Å². The number of aldehydes is 1. The number of benzene rings is 1. The predicted molar refractivity (Wildman–Crippen MR) is 158 cm³/mol. The molecule has 2 aromatic rings. The van der Waals surface area contributed by atoms with E-state index < -0.39 is 47.9 Å². The van der Waals surface area contributed by atoms with E-state index >= 15 is 0 Å².